The average Bonchev–Trinajstić information content (AvgIpc) is 3.60. The Labute approximate surface area is 295 Å². The molecule has 2 aromatic heterocycles. The Morgan fingerprint density at radius 3 is 1.84 bits per heavy atom. The zero-order chi connectivity index (χ0) is 33.7. The lowest BCUT2D eigenvalue weighted by atomic mass is 9.80. The summed E-state index contributed by atoms with van der Waals surface area (Å²) in [4.78, 5) is 15.0. The lowest BCUT2D eigenvalue weighted by molar-refractivity contribution is 0.630. The normalized spacial score (nSPS) is 14.7. The maximum Gasteiger partial charge on any atom is 0.164 e. The highest BCUT2D eigenvalue weighted by molar-refractivity contribution is 6.19. The van der Waals surface area contributed by atoms with Crippen molar-refractivity contribution in [3.8, 4) is 34.2 Å². The molecule has 9 aromatic rings. The third-order valence-corrected chi connectivity index (χ3v) is 10.4. The van der Waals surface area contributed by atoms with Gasteiger partial charge in [-0.25, -0.2) is 15.0 Å². The molecule has 1 aliphatic rings. The van der Waals surface area contributed by atoms with Crippen molar-refractivity contribution in [3.05, 3.63) is 169 Å². The number of nitrogens with zero attached hydrogens (tertiary/aromatic N) is 3. The fourth-order valence-electron chi connectivity index (χ4n) is 7.91. The minimum atomic E-state index is 0.491. The van der Waals surface area contributed by atoms with E-state index in [9.17, 15) is 0 Å². The van der Waals surface area contributed by atoms with Crippen molar-refractivity contribution >= 4 is 49.1 Å². The van der Waals surface area contributed by atoms with E-state index in [0.717, 1.165) is 63.3 Å². The zero-order valence-corrected chi connectivity index (χ0v) is 28.0. The van der Waals surface area contributed by atoms with Crippen molar-refractivity contribution in [2.24, 2.45) is 0 Å². The number of hydrogen-bond donors (Lipinski definition) is 0. The molecule has 7 aromatic carbocycles. The maximum absolute atomic E-state index is 6.73. The van der Waals surface area contributed by atoms with Crippen molar-refractivity contribution in [2.75, 3.05) is 0 Å². The second kappa shape index (κ2) is 12.2. The Morgan fingerprint density at radius 2 is 1.14 bits per heavy atom. The van der Waals surface area contributed by atoms with Gasteiger partial charge in [0.2, 0.25) is 0 Å². The van der Waals surface area contributed by atoms with Crippen molar-refractivity contribution < 1.29 is 4.42 Å². The van der Waals surface area contributed by atoms with Gasteiger partial charge in [0.25, 0.3) is 0 Å². The van der Waals surface area contributed by atoms with Gasteiger partial charge < -0.3 is 4.42 Å². The number of rotatable bonds is 5. The summed E-state index contributed by atoms with van der Waals surface area (Å²) in [5, 5.41) is 7.22. The highest BCUT2D eigenvalue weighted by atomic mass is 16.3. The summed E-state index contributed by atoms with van der Waals surface area (Å²) < 4.78 is 6.73. The van der Waals surface area contributed by atoms with Crippen LogP contribution in [0.15, 0.2) is 162 Å². The van der Waals surface area contributed by atoms with Crippen LogP contribution >= 0.6 is 0 Å². The summed E-state index contributed by atoms with van der Waals surface area (Å²) in [5.74, 6) is 2.42. The van der Waals surface area contributed by atoms with E-state index in [4.69, 9.17) is 19.4 Å². The average molecular weight is 656 g/mol. The first-order chi connectivity index (χ1) is 25.3. The van der Waals surface area contributed by atoms with E-state index in [0.29, 0.717) is 23.4 Å². The second-order valence-corrected chi connectivity index (χ2v) is 13.5. The molecule has 0 fully saturated rings. The van der Waals surface area contributed by atoms with Crippen LogP contribution in [0.5, 0.6) is 0 Å². The summed E-state index contributed by atoms with van der Waals surface area (Å²) in [6, 6.07) is 53.0. The largest absolute Gasteiger partial charge is 0.455 e. The molecule has 10 rings (SSSR count). The standard InChI is InChI=1S/C47H33N3O/c1-3-13-33(14-4-1)45-48-46(34-15-5-2-6-16-34)50-47(49-45)36-26-27-42-41(29-36)43-40(28-35-17-8-10-20-39(35)44(43)51-42)32-24-22-31(23-25-32)38-21-11-18-30-12-7-9-19-37(30)38/h1-21,24,26-29,31H,22-23,25H2. The lowest BCUT2D eigenvalue weighted by Gasteiger charge is -2.24. The molecule has 2 heterocycles. The molecule has 0 radical (unpaired) electrons. The molecule has 1 aliphatic carbocycles. The van der Waals surface area contributed by atoms with Crippen molar-refractivity contribution in [3.63, 3.8) is 0 Å². The van der Waals surface area contributed by atoms with Gasteiger partial charge in [0, 0.05) is 32.8 Å². The van der Waals surface area contributed by atoms with Gasteiger partial charge in [-0.2, -0.15) is 0 Å². The van der Waals surface area contributed by atoms with Gasteiger partial charge in [0.1, 0.15) is 11.2 Å². The molecule has 4 nitrogen and oxygen atoms in total. The lowest BCUT2D eigenvalue weighted by Crippen LogP contribution is -2.05. The molecular formula is C47H33N3O. The molecule has 4 heteroatoms. The second-order valence-electron chi connectivity index (χ2n) is 13.5. The molecule has 0 spiro atoms. The van der Waals surface area contributed by atoms with E-state index in [1.165, 1.54) is 32.9 Å². The molecule has 1 atom stereocenters. The van der Waals surface area contributed by atoms with E-state index < -0.39 is 0 Å². The highest BCUT2D eigenvalue weighted by Gasteiger charge is 2.23. The molecule has 242 valence electrons. The first-order valence-corrected chi connectivity index (χ1v) is 17.7. The maximum atomic E-state index is 6.73. The Morgan fingerprint density at radius 1 is 0.510 bits per heavy atom. The summed E-state index contributed by atoms with van der Waals surface area (Å²) in [7, 11) is 0. The van der Waals surface area contributed by atoms with Gasteiger partial charge in [0.15, 0.2) is 17.5 Å². The van der Waals surface area contributed by atoms with Crippen LogP contribution < -0.4 is 0 Å². The van der Waals surface area contributed by atoms with Gasteiger partial charge in [-0.3, -0.25) is 0 Å². The van der Waals surface area contributed by atoms with Crippen LogP contribution in [-0.2, 0) is 0 Å². The Balaban J connectivity index is 1.13. The molecule has 1 unspecified atom stereocenters. The van der Waals surface area contributed by atoms with Crippen LogP contribution in [0.1, 0.15) is 36.3 Å². The van der Waals surface area contributed by atoms with Crippen LogP contribution in [0.4, 0.5) is 0 Å². The van der Waals surface area contributed by atoms with E-state index in [-0.39, 0.29) is 0 Å². The van der Waals surface area contributed by atoms with Crippen LogP contribution in [0.25, 0.3) is 83.2 Å². The van der Waals surface area contributed by atoms with Gasteiger partial charge in [0.05, 0.1) is 0 Å². The molecule has 51 heavy (non-hydrogen) atoms. The van der Waals surface area contributed by atoms with Gasteiger partial charge in [-0.05, 0) is 82.3 Å². The van der Waals surface area contributed by atoms with Crippen molar-refractivity contribution in [1.82, 2.24) is 15.0 Å². The van der Waals surface area contributed by atoms with E-state index in [2.05, 4.69) is 97.1 Å². The van der Waals surface area contributed by atoms with Crippen LogP contribution in [0.3, 0.4) is 0 Å². The molecule has 0 aliphatic heterocycles. The number of furan rings is 1. The molecule has 0 amide bonds. The summed E-state index contributed by atoms with van der Waals surface area (Å²) in [5.41, 5.74) is 8.70. The fraction of sp³-hybridized carbons (Fsp3) is 0.0851. The molecular weight excluding hydrogens is 623 g/mol. The summed E-state index contributed by atoms with van der Waals surface area (Å²) >= 11 is 0. The van der Waals surface area contributed by atoms with Crippen LogP contribution in [0, 0.1) is 0 Å². The minimum Gasteiger partial charge on any atom is -0.455 e. The quantitative estimate of drug-likeness (QED) is 0.185. The van der Waals surface area contributed by atoms with Crippen molar-refractivity contribution in [2.45, 2.75) is 25.2 Å². The van der Waals surface area contributed by atoms with Crippen LogP contribution in [0.2, 0.25) is 0 Å². The first-order valence-electron chi connectivity index (χ1n) is 17.7. The third-order valence-electron chi connectivity index (χ3n) is 10.4. The zero-order valence-electron chi connectivity index (χ0n) is 28.0. The van der Waals surface area contributed by atoms with Gasteiger partial charge >= 0.3 is 0 Å². The predicted octanol–water partition coefficient (Wildman–Crippen LogP) is 12.4. The monoisotopic (exact) mass is 655 g/mol. The van der Waals surface area contributed by atoms with E-state index >= 15 is 0 Å². The SMILES string of the molecule is C1=C(c2cc3ccccc3c3oc4ccc(-c5nc(-c6ccccc6)nc(-c6ccccc6)n5)cc4c23)CCC(c2cccc3ccccc23)C1. The van der Waals surface area contributed by atoms with Crippen LogP contribution in [-0.4, -0.2) is 15.0 Å². The molecule has 0 saturated heterocycles. The Kier molecular flexibility index (Phi) is 7.05. The number of aromatic nitrogens is 3. The van der Waals surface area contributed by atoms with E-state index in [1.54, 1.807) is 0 Å². The van der Waals surface area contributed by atoms with Crippen molar-refractivity contribution in [1.29, 1.82) is 0 Å². The fourth-order valence-corrected chi connectivity index (χ4v) is 7.91. The third kappa shape index (κ3) is 5.19. The molecule has 0 N–H and O–H groups in total. The summed E-state index contributed by atoms with van der Waals surface area (Å²) in [6.07, 6.45) is 5.59. The topological polar surface area (TPSA) is 51.8 Å². The Hall–Kier alpha value is -6.39. The molecule has 0 bridgehead atoms. The first kappa shape index (κ1) is 29.5. The highest BCUT2D eigenvalue weighted by Crippen LogP contribution is 2.45. The smallest absolute Gasteiger partial charge is 0.164 e. The predicted molar refractivity (Wildman–Crippen MR) is 209 cm³/mol. The number of hydrogen-bond acceptors (Lipinski definition) is 4. The molecule has 0 saturated carbocycles. The van der Waals surface area contributed by atoms with Gasteiger partial charge in [-0.15, -0.1) is 0 Å². The number of allylic oxidation sites excluding steroid dienone is 2. The van der Waals surface area contributed by atoms with E-state index in [1.807, 2.05) is 60.7 Å². The number of benzene rings is 7. The summed E-state index contributed by atoms with van der Waals surface area (Å²) in [6.45, 7) is 0. The minimum absolute atomic E-state index is 0.491. The van der Waals surface area contributed by atoms with Gasteiger partial charge in [-0.1, -0.05) is 133 Å². The Bertz CT molecular complexity index is 2720. The number of fused-ring (bicyclic) bond motifs is 6.